The fraction of sp³-hybridized carbons (Fsp3) is 0.519. The van der Waals surface area contributed by atoms with Crippen molar-refractivity contribution < 1.29 is 4.79 Å². The summed E-state index contributed by atoms with van der Waals surface area (Å²) in [5.74, 6) is 0.944. The van der Waals surface area contributed by atoms with Gasteiger partial charge in [-0.25, -0.2) is 4.99 Å². The smallest absolute Gasteiger partial charge is 0.232 e. The van der Waals surface area contributed by atoms with Gasteiger partial charge in [0.15, 0.2) is 5.96 Å². The van der Waals surface area contributed by atoms with Crippen LogP contribution in [0.15, 0.2) is 41.5 Å². The molecule has 6 nitrogen and oxygen atoms in total. The van der Waals surface area contributed by atoms with Crippen molar-refractivity contribution in [2.75, 3.05) is 5.32 Å². The number of aliphatic imine (C=N–C) groups is 1. The van der Waals surface area contributed by atoms with Gasteiger partial charge in [-0.05, 0) is 69.1 Å². The lowest BCUT2D eigenvalue weighted by Gasteiger charge is -2.43. The van der Waals surface area contributed by atoms with Crippen molar-refractivity contribution in [2.45, 2.75) is 83.2 Å². The van der Waals surface area contributed by atoms with Gasteiger partial charge in [0.25, 0.3) is 0 Å². The second kappa shape index (κ2) is 8.56. The minimum absolute atomic E-state index is 0.0222. The number of amides is 1. The molecule has 34 heavy (non-hydrogen) atoms. The third kappa shape index (κ3) is 4.52. The van der Waals surface area contributed by atoms with Crippen LogP contribution in [0.3, 0.4) is 0 Å². The molecule has 0 unspecified atom stereocenters. The van der Waals surface area contributed by atoms with Gasteiger partial charge in [-0.2, -0.15) is 0 Å². The van der Waals surface area contributed by atoms with Crippen molar-refractivity contribution in [1.82, 2.24) is 9.88 Å². The van der Waals surface area contributed by atoms with Crippen molar-refractivity contribution in [3.63, 3.8) is 0 Å². The first-order chi connectivity index (χ1) is 16.2. The Bertz CT molecular complexity index is 1110. The monoisotopic (exact) mass is 479 g/mol. The van der Waals surface area contributed by atoms with Crippen molar-refractivity contribution in [1.29, 1.82) is 0 Å². The molecule has 3 aliphatic rings. The first-order valence-corrected chi connectivity index (χ1v) is 12.7. The lowest BCUT2D eigenvalue weighted by atomic mass is 9.75. The van der Waals surface area contributed by atoms with Crippen LogP contribution in [0.2, 0.25) is 5.02 Å². The fourth-order valence-corrected chi connectivity index (χ4v) is 5.72. The molecule has 3 N–H and O–H groups in total. The van der Waals surface area contributed by atoms with E-state index in [1.165, 1.54) is 12.8 Å². The zero-order valence-electron chi connectivity index (χ0n) is 20.3. The molecular formula is C27H34ClN5O. The first-order valence-electron chi connectivity index (χ1n) is 12.3. The van der Waals surface area contributed by atoms with Gasteiger partial charge in [0.1, 0.15) is 0 Å². The maximum absolute atomic E-state index is 13.3. The number of carbonyl (C=O) groups excluding carboxylic acids is 1. The number of aromatic nitrogens is 1. The van der Waals surface area contributed by atoms with E-state index in [9.17, 15) is 4.79 Å². The van der Waals surface area contributed by atoms with Gasteiger partial charge in [0.05, 0.1) is 34.6 Å². The highest BCUT2D eigenvalue weighted by molar-refractivity contribution is 6.34. The van der Waals surface area contributed by atoms with Crippen LogP contribution in [0.5, 0.6) is 0 Å². The highest BCUT2D eigenvalue weighted by Crippen LogP contribution is 2.43. The molecule has 2 aliphatic carbocycles. The topological polar surface area (TPSA) is 83.6 Å². The molecule has 7 heteroatoms. The first kappa shape index (κ1) is 23.2. The molecule has 1 amide bonds. The summed E-state index contributed by atoms with van der Waals surface area (Å²) in [4.78, 5) is 24.5. The van der Waals surface area contributed by atoms with E-state index in [1.807, 2.05) is 37.4 Å². The number of carbonyl (C=O) groups is 1. The highest BCUT2D eigenvalue weighted by atomic mass is 35.5. The Labute approximate surface area is 207 Å². The number of rotatable bonds is 5. The Balaban J connectivity index is 1.37. The van der Waals surface area contributed by atoms with E-state index in [2.05, 4.69) is 30.2 Å². The third-order valence-corrected chi connectivity index (χ3v) is 8.09. The molecule has 0 spiro atoms. The standard InChI is InChI=1S/C27H34ClN5O/c1-26(2)13-11-19(12-14-26)33-23(34)15-27(3,32-25(33)29)20-5-4-6-22(24(20)28)31-18-9-10-21(30-16-18)17-7-8-17/h4-6,9-10,16-17,19,31H,7-8,11-15H2,1-3H3,(H2,29,32)/t27-/m0/s1. The molecule has 0 bridgehead atoms. The number of nitrogens with one attached hydrogen (secondary N) is 1. The number of nitrogens with two attached hydrogens (primary N) is 1. The van der Waals surface area contributed by atoms with Gasteiger partial charge < -0.3 is 11.1 Å². The average molecular weight is 480 g/mol. The average Bonchev–Trinajstić information content (AvgIpc) is 3.62. The quantitative estimate of drug-likeness (QED) is 0.543. The largest absolute Gasteiger partial charge is 0.369 e. The fourth-order valence-electron chi connectivity index (χ4n) is 5.34. The molecule has 2 heterocycles. The Kier molecular flexibility index (Phi) is 5.83. The van der Waals surface area contributed by atoms with E-state index >= 15 is 0 Å². The van der Waals surface area contributed by atoms with E-state index in [4.69, 9.17) is 22.3 Å². The van der Waals surface area contributed by atoms with Crippen LogP contribution in [0.25, 0.3) is 0 Å². The Morgan fingerprint density at radius 1 is 1.09 bits per heavy atom. The number of hydrogen-bond acceptors (Lipinski definition) is 5. The molecule has 1 aromatic carbocycles. The molecular weight excluding hydrogens is 446 g/mol. The second-order valence-corrected chi connectivity index (χ2v) is 11.5. The zero-order chi connectivity index (χ0) is 24.1. The summed E-state index contributed by atoms with van der Waals surface area (Å²) in [7, 11) is 0. The minimum atomic E-state index is -0.811. The number of pyridine rings is 1. The summed E-state index contributed by atoms with van der Waals surface area (Å²) in [6.45, 7) is 6.52. The van der Waals surface area contributed by atoms with E-state index < -0.39 is 5.54 Å². The second-order valence-electron chi connectivity index (χ2n) is 11.1. The number of nitrogens with zero attached hydrogens (tertiary/aromatic N) is 3. The Morgan fingerprint density at radius 3 is 2.44 bits per heavy atom. The maximum Gasteiger partial charge on any atom is 0.232 e. The van der Waals surface area contributed by atoms with E-state index in [-0.39, 0.29) is 18.4 Å². The maximum atomic E-state index is 13.3. The minimum Gasteiger partial charge on any atom is -0.369 e. The molecule has 1 aliphatic heterocycles. The van der Waals surface area contributed by atoms with E-state index in [1.54, 1.807) is 4.90 Å². The lowest BCUT2D eigenvalue weighted by molar-refractivity contribution is -0.132. The molecule has 0 saturated heterocycles. The van der Waals surface area contributed by atoms with Gasteiger partial charge in [-0.1, -0.05) is 37.6 Å². The molecule has 180 valence electrons. The number of guanidine groups is 1. The summed E-state index contributed by atoms with van der Waals surface area (Å²) in [5, 5.41) is 3.93. The summed E-state index contributed by atoms with van der Waals surface area (Å²) in [6.07, 6.45) is 8.63. The van der Waals surface area contributed by atoms with Gasteiger partial charge in [0, 0.05) is 23.2 Å². The number of benzene rings is 1. The van der Waals surface area contributed by atoms with Crippen molar-refractivity contribution in [3.05, 3.63) is 52.8 Å². The predicted octanol–water partition coefficient (Wildman–Crippen LogP) is 6.09. The number of halogens is 1. The van der Waals surface area contributed by atoms with Crippen LogP contribution in [-0.4, -0.2) is 27.8 Å². The molecule has 1 aromatic heterocycles. The van der Waals surface area contributed by atoms with E-state index in [0.717, 1.165) is 48.3 Å². The summed E-state index contributed by atoms with van der Waals surface area (Å²) < 4.78 is 0. The molecule has 2 fully saturated rings. The van der Waals surface area contributed by atoms with Crippen molar-refractivity contribution in [2.24, 2.45) is 16.1 Å². The molecule has 0 radical (unpaired) electrons. The molecule has 2 aromatic rings. The van der Waals surface area contributed by atoms with Crippen LogP contribution in [0.4, 0.5) is 11.4 Å². The van der Waals surface area contributed by atoms with Crippen molar-refractivity contribution in [3.8, 4) is 0 Å². The highest BCUT2D eigenvalue weighted by Gasteiger charge is 2.42. The van der Waals surface area contributed by atoms with Crippen LogP contribution < -0.4 is 11.1 Å². The van der Waals surface area contributed by atoms with Gasteiger partial charge in [-0.15, -0.1) is 0 Å². The van der Waals surface area contributed by atoms with Crippen LogP contribution in [-0.2, 0) is 10.3 Å². The molecule has 5 rings (SSSR count). The van der Waals surface area contributed by atoms with Crippen LogP contribution >= 0.6 is 11.6 Å². The van der Waals surface area contributed by atoms with Gasteiger partial charge >= 0.3 is 0 Å². The Hall–Kier alpha value is -2.60. The SMILES string of the molecule is CC1(C)CCC(N2C(=O)C[C@@](C)(c3cccc(Nc4ccc(C5CC5)nc4)c3Cl)N=C2N)CC1. The zero-order valence-corrected chi connectivity index (χ0v) is 21.0. The van der Waals surface area contributed by atoms with Gasteiger partial charge in [0.2, 0.25) is 5.91 Å². The molecule has 1 atom stereocenters. The van der Waals surface area contributed by atoms with E-state index in [0.29, 0.717) is 22.3 Å². The normalized spacial score (nSPS) is 25.2. The Morgan fingerprint density at radius 2 is 1.82 bits per heavy atom. The number of hydrogen-bond donors (Lipinski definition) is 2. The molecule has 2 saturated carbocycles. The summed E-state index contributed by atoms with van der Waals surface area (Å²) in [5.41, 5.74) is 9.52. The van der Waals surface area contributed by atoms with Gasteiger partial charge in [-0.3, -0.25) is 14.7 Å². The van der Waals surface area contributed by atoms with Crippen molar-refractivity contribution >= 4 is 34.8 Å². The summed E-state index contributed by atoms with van der Waals surface area (Å²) >= 11 is 6.87. The van der Waals surface area contributed by atoms with Crippen LogP contribution in [0.1, 0.15) is 82.9 Å². The lowest BCUT2D eigenvalue weighted by Crippen LogP contribution is -2.55. The summed E-state index contributed by atoms with van der Waals surface area (Å²) in [6, 6.07) is 10.0. The predicted molar refractivity (Wildman–Crippen MR) is 137 cm³/mol. The number of anilines is 2. The van der Waals surface area contributed by atoms with Crippen LogP contribution in [0, 0.1) is 5.41 Å². The third-order valence-electron chi connectivity index (χ3n) is 7.69.